The van der Waals surface area contributed by atoms with Gasteiger partial charge < -0.3 is 15.0 Å². The van der Waals surface area contributed by atoms with Crippen LogP contribution in [0.2, 0.25) is 0 Å². The fourth-order valence-corrected chi connectivity index (χ4v) is 2.11. The van der Waals surface area contributed by atoms with Gasteiger partial charge in [-0.25, -0.2) is 0 Å². The second-order valence-corrected chi connectivity index (χ2v) is 5.65. The van der Waals surface area contributed by atoms with E-state index < -0.39 is 11.9 Å². The predicted molar refractivity (Wildman–Crippen MR) is 94.2 cm³/mol. The Morgan fingerprint density at radius 1 is 0.960 bits per heavy atom. The molecular weight excluding hydrogens is 320 g/mol. The molecule has 2 amide bonds. The third kappa shape index (κ3) is 5.76. The molecule has 2 rings (SSSR count). The molecule has 6 nitrogen and oxygen atoms in total. The number of carbonyl (C=O) groups is 3. The van der Waals surface area contributed by atoms with Gasteiger partial charge in [-0.2, -0.15) is 0 Å². The predicted octanol–water partition coefficient (Wildman–Crippen LogP) is 2.11. The number of rotatable bonds is 6. The number of anilines is 1. The summed E-state index contributed by atoms with van der Waals surface area (Å²) in [7, 11) is 3.34. The van der Waals surface area contributed by atoms with Crippen LogP contribution in [0.5, 0.6) is 0 Å². The zero-order valence-corrected chi connectivity index (χ0v) is 14.2. The molecular formula is C19H20N2O4. The molecule has 0 radical (unpaired) electrons. The van der Waals surface area contributed by atoms with Crippen molar-refractivity contribution in [2.75, 3.05) is 26.0 Å². The van der Waals surface area contributed by atoms with Crippen LogP contribution in [0.1, 0.15) is 15.9 Å². The maximum Gasteiger partial charge on any atom is 0.310 e. The molecule has 0 saturated carbocycles. The summed E-state index contributed by atoms with van der Waals surface area (Å²) < 4.78 is 4.96. The van der Waals surface area contributed by atoms with Gasteiger partial charge in [-0.05, 0) is 29.8 Å². The lowest BCUT2D eigenvalue weighted by molar-refractivity contribution is -0.146. The first-order valence-electron chi connectivity index (χ1n) is 7.77. The molecule has 0 bridgehead atoms. The number of hydrogen-bond acceptors (Lipinski definition) is 4. The second kappa shape index (κ2) is 8.63. The van der Waals surface area contributed by atoms with Gasteiger partial charge in [-0.3, -0.25) is 14.4 Å². The Morgan fingerprint density at radius 2 is 1.60 bits per heavy atom. The molecule has 0 aromatic heterocycles. The summed E-state index contributed by atoms with van der Waals surface area (Å²) in [4.78, 5) is 36.8. The highest BCUT2D eigenvalue weighted by atomic mass is 16.5. The lowest BCUT2D eigenvalue weighted by Crippen LogP contribution is -2.22. The van der Waals surface area contributed by atoms with Crippen molar-refractivity contribution < 1.29 is 19.1 Å². The number of benzene rings is 2. The summed E-state index contributed by atoms with van der Waals surface area (Å²) in [5.41, 5.74) is 1.88. The standard InChI is InChI=1S/C19H20N2O4/c1-21(2)19(24)15-8-10-16(11-9-15)20-17(22)13-25-18(23)12-14-6-4-3-5-7-14/h3-11H,12-13H2,1-2H3,(H,20,22). The third-order valence-electron chi connectivity index (χ3n) is 3.38. The van der Waals surface area contributed by atoms with Crippen LogP contribution in [0.3, 0.4) is 0 Å². The number of esters is 1. The molecule has 0 fully saturated rings. The average Bonchev–Trinajstić information content (AvgIpc) is 2.61. The largest absolute Gasteiger partial charge is 0.455 e. The van der Waals surface area contributed by atoms with Gasteiger partial charge in [0.05, 0.1) is 6.42 Å². The van der Waals surface area contributed by atoms with E-state index in [2.05, 4.69) is 5.32 Å². The van der Waals surface area contributed by atoms with E-state index in [0.717, 1.165) is 5.56 Å². The van der Waals surface area contributed by atoms with Crippen molar-refractivity contribution in [2.45, 2.75) is 6.42 Å². The Hall–Kier alpha value is -3.15. The van der Waals surface area contributed by atoms with Gasteiger partial charge in [-0.1, -0.05) is 30.3 Å². The maximum absolute atomic E-state index is 11.8. The minimum atomic E-state index is -0.465. The molecule has 0 aliphatic rings. The molecule has 0 saturated heterocycles. The first-order valence-corrected chi connectivity index (χ1v) is 7.77. The Bertz CT molecular complexity index is 740. The highest BCUT2D eigenvalue weighted by Crippen LogP contribution is 2.11. The number of nitrogens with zero attached hydrogens (tertiary/aromatic N) is 1. The van der Waals surface area contributed by atoms with E-state index in [1.54, 1.807) is 38.4 Å². The Balaban J connectivity index is 1.80. The quantitative estimate of drug-likeness (QED) is 0.817. The van der Waals surface area contributed by atoms with Crippen LogP contribution in [-0.2, 0) is 20.7 Å². The van der Waals surface area contributed by atoms with E-state index >= 15 is 0 Å². The smallest absolute Gasteiger partial charge is 0.310 e. The summed E-state index contributed by atoms with van der Waals surface area (Å²) in [5.74, 6) is -1.02. The van der Waals surface area contributed by atoms with Crippen molar-refractivity contribution >= 4 is 23.5 Å². The molecule has 130 valence electrons. The van der Waals surface area contributed by atoms with Crippen LogP contribution in [0.4, 0.5) is 5.69 Å². The number of nitrogens with one attached hydrogen (secondary N) is 1. The summed E-state index contributed by atoms with van der Waals surface area (Å²) in [6, 6.07) is 15.7. The molecule has 0 atom stereocenters. The average molecular weight is 340 g/mol. The molecule has 0 unspecified atom stereocenters. The Kier molecular flexibility index (Phi) is 6.28. The third-order valence-corrected chi connectivity index (χ3v) is 3.38. The van der Waals surface area contributed by atoms with Crippen molar-refractivity contribution in [1.82, 2.24) is 4.90 Å². The molecule has 2 aromatic rings. The number of ether oxygens (including phenoxy) is 1. The van der Waals surface area contributed by atoms with Crippen molar-refractivity contribution in [1.29, 1.82) is 0 Å². The van der Waals surface area contributed by atoms with Crippen molar-refractivity contribution in [3.8, 4) is 0 Å². The van der Waals surface area contributed by atoms with Gasteiger partial charge in [0.25, 0.3) is 11.8 Å². The SMILES string of the molecule is CN(C)C(=O)c1ccc(NC(=O)COC(=O)Cc2ccccc2)cc1. The Labute approximate surface area is 146 Å². The highest BCUT2D eigenvalue weighted by Gasteiger charge is 2.10. The summed E-state index contributed by atoms with van der Waals surface area (Å²) in [5, 5.41) is 2.62. The molecule has 2 aromatic carbocycles. The van der Waals surface area contributed by atoms with Gasteiger partial charge >= 0.3 is 5.97 Å². The molecule has 0 spiro atoms. The first kappa shape index (κ1) is 18.2. The van der Waals surface area contributed by atoms with E-state index in [9.17, 15) is 14.4 Å². The zero-order chi connectivity index (χ0) is 18.2. The molecule has 25 heavy (non-hydrogen) atoms. The van der Waals surface area contributed by atoms with Crippen LogP contribution in [0.25, 0.3) is 0 Å². The molecule has 1 N–H and O–H groups in total. The lowest BCUT2D eigenvalue weighted by Gasteiger charge is -2.11. The summed E-state index contributed by atoms with van der Waals surface area (Å²) in [6.07, 6.45) is 0.121. The van der Waals surface area contributed by atoms with E-state index in [4.69, 9.17) is 4.74 Å². The normalized spacial score (nSPS) is 10.0. The van der Waals surface area contributed by atoms with Gasteiger partial charge in [0, 0.05) is 25.3 Å². The number of amides is 2. The van der Waals surface area contributed by atoms with Crippen LogP contribution in [-0.4, -0.2) is 43.4 Å². The summed E-state index contributed by atoms with van der Waals surface area (Å²) >= 11 is 0. The Morgan fingerprint density at radius 3 is 2.20 bits per heavy atom. The topological polar surface area (TPSA) is 75.7 Å². The van der Waals surface area contributed by atoms with Crippen LogP contribution >= 0.6 is 0 Å². The number of carbonyl (C=O) groups excluding carboxylic acids is 3. The minimum Gasteiger partial charge on any atom is -0.455 e. The molecule has 0 aliphatic heterocycles. The van der Waals surface area contributed by atoms with Crippen molar-refractivity contribution in [2.24, 2.45) is 0 Å². The molecule has 0 heterocycles. The highest BCUT2D eigenvalue weighted by molar-refractivity contribution is 5.96. The second-order valence-electron chi connectivity index (χ2n) is 5.65. The molecule has 0 aliphatic carbocycles. The van der Waals surface area contributed by atoms with E-state index in [1.165, 1.54) is 4.90 Å². The lowest BCUT2D eigenvalue weighted by atomic mass is 10.2. The zero-order valence-electron chi connectivity index (χ0n) is 14.2. The van der Waals surface area contributed by atoms with Crippen LogP contribution < -0.4 is 5.32 Å². The van der Waals surface area contributed by atoms with Crippen LogP contribution in [0, 0.1) is 0 Å². The summed E-state index contributed by atoms with van der Waals surface area (Å²) in [6.45, 7) is -0.357. The fourth-order valence-electron chi connectivity index (χ4n) is 2.11. The van der Waals surface area contributed by atoms with Crippen LogP contribution in [0.15, 0.2) is 54.6 Å². The fraction of sp³-hybridized carbons (Fsp3) is 0.211. The van der Waals surface area contributed by atoms with E-state index in [0.29, 0.717) is 11.3 Å². The van der Waals surface area contributed by atoms with Gasteiger partial charge in [0.15, 0.2) is 6.61 Å². The van der Waals surface area contributed by atoms with Gasteiger partial charge in [0.2, 0.25) is 0 Å². The van der Waals surface area contributed by atoms with Crippen molar-refractivity contribution in [3.05, 3.63) is 65.7 Å². The number of hydrogen-bond donors (Lipinski definition) is 1. The first-order chi connectivity index (χ1) is 12.0. The maximum atomic E-state index is 11.8. The van der Waals surface area contributed by atoms with Gasteiger partial charge in [0.1, 0.15) is 0 Å². The monoisotopic (exact) mass is 340 g/mol. The minimum absolute atomic E-state index is 0.118. The van der Waals surface area contributed by atoms with E-state index in [-0.39, 0.29) is 18.9 Å². The molecule has 6 heteroatoms. The van der Waals surface area contributed by atoms with Gasteiger partial charge in [-0.15, -0.1) is 0 Å². The van der Waals surface area contributed by atoms with E-state index in [1.807, 2.05) is 30.3 Å². The van der Waals surface area contributed by atoms with Crippen molar-refractivity contribution in [3.63, 3.8) is 0 Å².